The number of nitrogens with one attached hydrogen (secondary N) is 1. The number of hydrogen-bond acceptors (Lipinski definition) is 6. The quantitative estimate of drug-likeness (QED) is 0.888. The number of carbonyl (C=O) groups is 1. The molecule has 1 amide bonds. The first-order chi connectivity index (χ1) is 9.62. The van der Waals surface area contributed by atoms with Gasteiger partial charge in [0, 0.05) is 11.1 Å². The predicted molar refractivity (Wildman–Crippen MR) is 74.7 cm³/mol. The van der Waals surface area contributed by atoms with E-state index in [9.17, 15) is 4.79 Å². The number of thiazole rings is 1. The van der Waals surface area contributed by atoms with E-state index in [0.717, 1.165) is 0 Å². The van der Waals surface area contributed by atoms with E-state index < -0.39 is 0 Å². The predicted octanol–water partition coefficient (Wildman–Crippen LogP) is 1.65. The van der Waals surface area contributed by atoms with Gasteiger partial charge in [-0.2, -0.15) is 10.5 Å². The summed E-state index contributed by atoms with van der Waals surface area (Å²) in [7, 11) is 0. The standard InChI is InChI=1S/C13H9N5OS/c14-5-8-1-2-10(3-9(8)6-15)17-12(19)4-11-7-20-13(16)18-11/h1-3,7H,4H2,(H2,16,18)(H,17,19). The average molecular weight is 283 g/mol. The fourth-order valence-corrected chi connectivity index (χ4v) is 2.15. The fraction of sp³-hybridized carbons (Fsp3) is 0.0769. The summed E-state index contributed by atoms with van der Waals surface area (Å²) in [5, 5.41) is 22.5. The maximum atomic E-state index is 11.8. The lowest BCUT2D eigenvalue weighted by Crippen LogP contribution is -2.14. The van der Waals surface area contributed by atoms with E-state index in [1.807, 2.05) is 12.1 Å². The van der Waals surface area contributed by atoms with E-state index in [-0.39, 0.29) is 23.5 Å². The van der Waals surface area contributed by atoms with Gasteiger partial charge in [0.05, 0.1) is 23.2 Å². The van der Waals surface area contributed by atoms with Crippen LogP contribution in [-0.2, 0) is 11.2 Å². The van der Waals surface area contributed by atoms with Crippen LogP contribution in [0.2, 0.25) is 0 Å². The monoisotopic (exact) mass is 283 g/mol. The second kappa shape index (κ2) is 5.83. The molecule has 98 valence electrons. The lowest BCUT2D eigenvalue weighted by molar-refractivity contribution is -0.115. The molecule has 1 heterocycles. The third-order valence-electron chi connectivity index (χ3n) is 2.46. The fourth-order valence-electron chi connectivity index (χ4n) is 1.59. The van der Waals surface area contributed by atoms with Crippen molar-refractivity contribution in [1.82, 2.24) is 4.98 Å². The largest absolute Gasteiger partial charge is 0.375 e. The molecule has 3 N–H and O–H groups in total. The van der Waals surface area contributed by atoms with E-state index in [1.165, 1.54) is 23.5 Å². The van der Waals surface area contributed by atoms with E-state index in [2.05, 4.69) is 10.3 Å². The Morgan fingerprint density at radius 1 is 1.35 bits per heavy atom. The molecule has 0 bridgehead atoms. The third-order valence-corrected chi connectivity index (χ3v) is 3.18. The molecule has 0 saturated carbocycles. The Morgan fingerprint density at radius 2 is 2.10 bits per heavy atom. The van der Waals surface area contributed by atoms with E-state index in [1.54, 1.807) is 11.4 Å². The summed E-state index contributed by atoms with van der Waals surface area (Å²) in [6, 6.07) is 8.36. The number of nitrogens with zero attached hydrogens (tertiary/aromatic N) is 3. The van der Waals surface area contributed by atoms with Gasteiger partial charge in [0.2, 0.25) is 5.91 Å². The first-order valence-electron chi connectivity index (χ1n) is 5.56. The summed E-state index contributed by atoms with van der Waals surface area (Å²) in [6.45, 7) is 0. The smallest absolute Gasteiger partial charge is 0.230 e. The van der Waals surface area contributed by atoms with Gasteiger partial charge >= 0.3 is 0 Å². The Bertz CT molecular complexity index is 738. The summed E-state index contributed by atoms with van der Waals surface area (Å²) >= 11 is 1.27. The highest BCUT2D eigenvalue weighted by atomic mass is 32.1. The van der Waals surface area contributed by atoms with Crippen LogP contribution in [0.25, 0.3) is 0 Å². The van der Waals surface area contributed by atoms with Crippen LogP contribution in [0, 0.1) is 22.7 Å². The SMILES string of the molecule is N#Cc1ccc(NC(=O)Cc2csc(N)n2)cc1C#N. The van der Waals surface area contributed by atoms with E-state index in [0.29, 0.717) is 16.5 Å². The highest BCUT2D eigenvalue weighted by molar-refractivity contribution is 7.13. The first kappa shape index (κ1) is 13.5. The number of aromatic nitrogens is 1. The minimum atomic E-state index is -0.260. The van der Waals surface area contributed by atoms with Crippen molar-refractivity contribution in [3.8, 4) is 12.1 Å². The van der Waals surface area contributed by atoms with Crippen LogP contribution in [0.4, 0.5) is 10.8 Å². The Labute approximate surface area is 119 Å². The van der Waals surface area contributed by atoms with Crippen LogP contribution in [0.5, 0.6) is 0 Å². The van der Waals surface area contributed by atoms with Crippen molar-refractivity contribution in [1.29, 1.82) is 10.5 Å². The maximum Gasteiger partial charge on any atom is 0.230 e. The van der Waals surface area contributed by atoms with E-state index in [4.69, 9.17) is 16.3 Å². The lowest BCUT2D eigenvalue weighted by atomic mass is 10.1. The van der Waals surface area contributed by atoms with Gasteiger partial charge < -0.3 is 11.1 Å². The van der Waals surface area contributed by atoms with Gasteiger partial charge in [0.25, 0.3) is 0 Å². The highest BCUT2D eigenvalue weighted by Gasteiger charge is 2.09. The van der Waals surface area contributed by atoms with Crippen LogP contribution in [0.1, 0.15) is 16.8 Å². The Morgan fingerprint density at radius 3 is 2.70 bits per heavy atom. The number of benzene rings is 1. The zero-order chi connectivity index (χ0) is 14.5. The van der Waals surface area contributed by atoms with Crippen LogP contribution >= 0.6 is 11.3 Å². The number of rotatable bonds is 3. The van der Waals surface area contributed by atoms with Gasteiger partial charge in [0.1, 0.15) is 12.1 Å². The summed E-state index contributed by atoms with van der Waals surface area (Å²) in [5.41, 5.74) is 7.05. The molecule has 0 unspecified atom stereocenters. The normalized spacial score (nSPS) is 9.50. The number of nitrogen functional groups attached to an aromatic ring is 1. The van der Waals surface area contributed by atoms with Crippen molar-refractivity contribution < 1.29 is 4.79 Å². The molecule has 1 aromatic carbocycles. The van der Waals surface area contributed by atoms with Gasteiger partial charge in [-0.05, 0) is 18.2 Å². The lowest BCUT2D eigenvalue weighted by Gasteiger charge is -2.05. The minimum Gasteiger partial charge on any atom is -0.375 e. The molecule has 7 heteroatoms. The molecule has 6 nitrogen and oxygen atoms in total. The molecule has 0 saturated heterocycles. The van der Waals surface area contributed by atoms with Gasteiger partial charge in [-0.1, -0.05) is 0 Å². The summed E-state index contributed by atoms with van der Waals surface area (Å²) < 4.78 is 0. The third kappa shape index (κ3) is 3.10. The Kier molecular flexibility index (Phi) is 3.94. The van der Waals surface area contributed by atoms with Crippen molar-refractivity contribution in [2.45, 2.75) is 6.42 Å². The summed E-state index contributed by atoms with van der Waals surface area (Å²) in [4.78, 5) is 15.8. The summed E-state index contributed by atoms with van der Waals surface area (Å²) in [6.07, 6.45) is 0.107. The topological polar surface area (TPSA) is 116 Å². The Balaban J connectivity index is 2.09. The Hall–Kier alpha value is -2.90. The molecule has 0 fully saturated rings. The van der Waals surface area contributed by atoms with Crippen LogP contribution < -0.4 is 11.1 Å². The van der Waals surface area contributed by atoms with Crippen LogP contribution in [-0.4, -0.2) is 10.9 Å². The van der Waals surface area contributed by atoms with Crippen molar-refractivity contribution in [2.75, 3.05) is 11.1 Å². The average Bonchev–Trinajstić information content (AvgIpc) is 2.83. The molecule has 2 rings (SSSR count). The molecular weight excluding hydrogens is 274 g/mol. The zero-order valence-corrected chi connectivity index (χ0v) is 11.1. The maximum absolute atomic E-state index is 11.8. The van der Waals surface area contributed by atoms with E-state index >= 15 is 0 Å². The van der Waals surface area contributed by atoms with Crippen molar-refractivity contribution >= 4 is 28.1 Å². The van der Waals surface area contributed by atoms with Crippen LogP contribution in [0.15, 0.2) is 23.6 Å². The number of carbonyl (C=O) groups excluding carboxylic acids is 1. The number of nitrogens with two attached hydrogens (primary N) is 1. The molecule has 0 aliphatic heterocycles. The first-order valence-corrected chi connectivity index (χ1v) is 6.44. The molecule has 20 heavy (non-hydrogen) atoms. The van der Waals surface area contributed by atoms with Crippen LogP contribution in [0.3, 0.4) is 0 Å². The number of anilines is 2. The number of hydrogen-bond donors (Lipinski definition) is 2. The molecule has 0 aliphatic rings. The summed E-state index contributed by atoms with van der Waals surface area (Å²) in [5.74, 6) is -0.260. The second-order valence-electron chi connectivity index (χ2n) is 3.89. The molecule has 1 aromatic heterocycles. The molecule has 2 aromatic rings. The molecular formula is C13H9N5OS. The van der Waals surface area contributed by atoms with Crippen molar-refractivity contribution in [3.63, 3.8) is 0 Å². The second-order valence-corrected chi connectivity index (χ2v) is 4.78. The van der Waals surface area contributed by atoms with Gasteiger partial charge in [-0.25, -0.2) is 4.98 Å². The van der Waals surface area contributed by atoms with Gasteiger partial charge in [-0.3, -0.25) is 4.79 Å². The highest BCUT2D eigenvalue weighted by Crippen LogP contribution is 2.16. The number of amides is 1. The molecule has 0 aliphatic carbocycles. The van der Waals surface area contributed by atoms with Gasteiger partial charge in [0.15, 0.2) is 5.13 Å². The number of nitriles is 2. The van der Waals surface area contributed by atoms with Gasteiger partial charge in [-0.15, -0.1) is 11.3 Å². The zero-order valence-electron chi connectivity index (χ0n) is 10.3. The van der Waals surface area contributed by atoms with Crippen molar-refractivity contribution in [3.05, 3.63) is 40.4 Å². The molecule has 0 spiro atoms. The molecule has 0 atom stereocenters. The van der Waals surface area contributed by atoms with Crippen molar-refractivity contribution in [2.24, 2.45) is 0 Å². The minimum absolute atomic E-state index is 0.107. The molecule has 0 radical (unpaired) electrons.